The zero-order valence-electron chi connectivity index (χ0n) is 20.2. The van der Waals surface area contributed by atoms with Gasteiger partial charge in [-0.25, -0.2) is 9.59 Å². The summed E-state index contributed by atoms with van der Waals surface area (Å²) in [6.45, 7) is 8.05. The minimum Gasteiger partial charge on any atom is -0.478 e. The second-order valence-electron chi connectivity index (χ2n) is 9.25. The molecule has 2 N–H and O–H groups in total. The van der Waals surface area contributed by atoms with Gasteiger partial charge in [-0.15, -0.1) is 13.2 Å². The number of carboxylic acids is 2. The van der Waals surface area contributed by atoms with Crippen molar-refractivity contribution in [2.24, 2.45) is 0 Å². The van der Waals surface area contributed by atoms with Crippen LogP contribution < -0.4 is 0 Å². The predicted octanol–water partition coefficient (Wildman–Crippen LogP) is 7.80. The van der Waals surface area contributed by atoms with Crippen molar-refractivity contribution in [2.45, 2.75) is 37.5 Å². The van der Waals surface area contributed by atoms with Crippen molar-refractivity contribution in [1.82, 2.24) is 0 Å². The summed E-state index contributed by atoms with van der Waals surface area (Å²) in [6.07, 6.45) is 9.90. The highest BCUT2D eigenvalue weighted by atomic mass is 16.4. The van der Waals surface area contributed by atoms with Crippen LogP contribution in [0.25, 0.3) is 21.5 Å². The summed E-state index contributed by atoms with van der Waals surface area (Å²) in [7, 11) is 0. The van der Waals surface area contributed by atoms with Gasteiger partial charge in [0.05, 0.1) is 11.1 Å². The smallest absolute Gasteiger partial charge is 0.336 e. The molecule has 1 aliphatic carbocycles. The van der Waals surface area contributed by atoms with Crippen LogP contribution in [0.5, 0.6) is 0 Å². The van der Waals surface area contributed by atoms with E-state index in [-0.39, 0.29) is 16.5 Å². The number of hydrogen-bond acceptors (Lipinski definition) is 2. The lowest BCUT2D eigenvalue weighted by Gasteiger charge is -2.39. The zero-order chi connectivity index (χ0) is 25.7. The molecule has 0 saturated carbocycles. The summed E-state index contributed by atoms with van der Waals surface area (Å²) in [5.41, 5.74) is 2.89. The number of aryl methyl sites for hydroxylation is 1. The average Bonchev–Trinajstić information content (AvgIpc) is 2.89. The number of benzene rings is 4. The number of rotatable bonds is 6. The van der Waals surface area contributed by atoms with Crippen LogP contribution in [0.3, 0.4) is 0 Å². The standard InChI is InChI=1S/C24H24.C8H6O4/c1-3-15-24(16-4-2)17-7-10-22-21-12-11-18-8-5-6-9-19(18)20(21)13-14-23(22)24;9-7(10)5-3-1-2-4-6(5)8(11)12/h3-6,8-9,11-14H,1-2,7,10,15-17H2;1-4H,(H,9,10)(H,11,12). The fraction of sp³-hybridized carbons (Fsp3) is 0.188. The van der Waals surface area contributed by atoms with Crippen molar-refractivity contribution in [3.8, 4) is 0 Å². The van der Waals surface area contributed by atoms with Crippen LogP contribution in [0.4, 0.5) is 0 Å². The maximum Gasteiger partial charge on any atom is 0.336 e. The molecule has 0 heterocycles. The van der Waals surface area contributed by atoms with E-state index >= 15 is 0 Å². The molecule has 4 heteroatoms. The normalized spacial score (nSPS) is 13.8. The van der Waals surface area contributed by atoms with E-state index in [2.05, 4.69) is 73.8 Å². The predicted molar refractivity (Wildman–Crippen MR) is 146 cm³/mol. The van der Waals surface area contributed by atoms with Crippen LogP contribution in [0.15, 0.2) is 98.1 Å². The van der Waals surface area contributed by atoms with Gasteiger partial charge in [-0.1, -0.05) is 72.8 Å². The summed E-state index contributed by atoms with van der Waals surface area (Å²) in [5.74, 6) is -2.46. The van der Waals surface area contributed by atoms with E-state index in [0.717, 1.165) is 12.8 Å². The number of aromatic carboxylic acids is 2. The van der Waals surface area contributed by atoms with Crippen LogP contribution in [0.1, 0.15) is 57.5 Å². The number of allylic oxidation sites excluding steroid dienone is 2. The Morgan fingerprint density at radius 2 is 1.33 bits per heavy atom. The summed E-state index contributed by atoms with van der Waals surface area (Å²) >= 11 is 0. The minimum atomic E-state index is -1.23. The Hall–Kier alpha value is -4.18. The van der Waals surface area contributed by atoms with Gasteiger partial charge in [0.15, 0.2) is 0 Å². The van der Waals surface area contributed by atoms with Crippen molar-refractivity contribution in [2.75, 3.05) is 0 Å². The number of carboxylic acid groups (broad SMARTS) is 2. The molecule has 0 bridgehead atoms. The van der Waals surface area contributed by atoms with E-state index in [1.54, 1.807) is 5.56 Å². The Morgan fingerprint density at radius 1 is 0.750 bits per heavy atom. The quantitative estimate of drug-likeness (QED) is 0.219. The molecule has 0 saturated heterocycles. The third-order valence-corrected chi connectivity index (χ3v) is 7.15. The van der Waals surface area contributed by atoms with Gasteiger partial charge in [0.1, 0.15) is 0 Å². The fourth-order valence-corrected chi connectivity index (χ4v) is 5.57. The van der Waals surface area contributed by atoms with E-state index in [4.69, 9.17) is 10.2 Å². The molecule has 0 spiro atoms. The molecule has 0 radical (unpaired) electrons. The average molecular weight is 479 g/mol. The Morgan fingerprint density at radius 3 is 1.94 bits per heavy atom. The van der Waals surface area contributed by atoms with Gasteiger partial charge in [-0.05, 0) is 76.9 Å². The molecular formula is C32H30O4. The molecule has 4 nitrogen and oxygen atoms in total. The van der Waals surface area contributed by atoms with Gasteiger partial charge in [-0.2, -0.15) is 0 Å². The van der Waals surface area contributed by atoms with Crippen molar-refractivity contribution in [3.05, 3.63) is 120 Å². The Bertz CT molecular complexity index is 1420. The van der Waals surface area contributed by atoms with E-state index in [1.807, 2.05) is 0 Å². The lowest BCUT2D eigenvalue weighted by molar-refractivity contribution is 0.0651. The zero-order valence-corrected chi connectivity index (χ0v) is 20.2. The van der Waals surface area contributed by atoms with Crippen LogP contribution in [-0.4, -0.2) is 22.2 Å². The molecule has 4 aromatic rings. The molecular weight excluding hydrogens is 448 g/mol. The highest BCUT2D eigenvalue weighted by molar-refractivity contribution is 6.09. The molecule has 0 amide bonds. The lowest BCUT2D eigenvalue weighted by Crippen LogP contribution is -2.30. The molecule has 0 aliphatic heterocycles. The first-order valence-corrected chi connectivity index (χ1v) is 12.1. The highest BCUT2D eigenvalue weighted by Crippen LogP contribution is 2.46. The molecule has 0 fully saturated rings. The van der Waals surface area contributed by atoms with Gasteiger partial charge >= 0.3 is 11.9 Å². The monoisotopic (exact) mass is 478 g/mol. The van der Waals surface area contributed by atoms with Gasteiger partial charge in [0, 0.05) is 5.41 Å². The SMILES string of the molecule is C=CCC1(CC=C)CCCc2c1ccc1c2ccc2ccccc21.O=C(O)c1ccccc1C(=O)O. The summed E-state index contributed by atoms with van der Waals surface area (Å²) in [4.78, 5) is 20.9. The molecule has 1 aliphatic rings. The van der Waals surface area contributed by atoms with E-state index in [1.165, 1.54) is 70.6 Å². The maximum absolute atomic E-state index is 10.5. The number of carbonyl (C=O) groups is 2. The second kappa shape index (κ2) is 10.6. The molecule has 5 rings (SSSR count). The van der Waals surface area contributed by atoms with Crippen molar-refractivity contribution in [3.63, 3.8) is 0 Å². The largest absolute Gasteiger partial charge is 0.478 e. The van der Waals surface area contributed by atoms with Gasteiger partial charge < -0.3 is 10.2 Å². The lowest BCUT2D eigenvalue weighted by atomic mass is 9.65. The van der Waals surface area contributed by atoms with E-state index in [9.17, 15) is 9.59 Å². The molecule has 36 heavy (non-hydrogen) atoms. The third-order valence-electron chi connectivity index (χ3n) is 7.15. The Kier molecular flexibility index (Phi) is 7.35. The van der Waals surface area contributed by atoms with Gasteiger partial charge in [0.25, 0.3) is 0 Å². The van der Waals surface area contributed by atoms with Gasteiger partial charge in [-0.3, -0.25) is 0 Å². The third kappa shape index (κ3) is 4.67. The highest BCUT2D eigenvalue weighted by Gasteiger charge is 2.35. The van der Waals surface area contributed by atoms with Crippen molar-refractivity contribution in [1.29, 1.82) is 0 Å². The van der Waals surface area contributed by atoms with Crippen LogP contribution in [0, 0.1) is 0 Å². The summed E-state index contributed by atoms with van der Waals surface area (Å²) in [6, 6.07) is 23.5. The van der Waals surface area contributed by atoms with Crippen molar-refractivity contribution >= 4 is 33.5 Å². The van der Waals surface area contributed by atoms with E-state index < -0.39 is 11.9 Å². The minimum absolute atomic E-state index is 0.190. The van der Waals surface area contributed by atoms with Crippen molar-refractivity contribution < 1.29 is 19.8 Å². The van der Waals surface area contributed by atoms with Crippen LogP contribution in [0.2, 0.25) is 0 Å². The first-order chi connectivity index (χ1) is 17.4. The Labute approximate surface area is 211 Å². The fourth-order valence-electron chi connectivity index (χ4n) is 5.57. The van der Waals surface area contributed by atoms with Crippen LogP contribution >= 0.6 is 0 Å². The van der Waals surface area contributed by atoms with E-state index in [0.29, 0.717) is 0 Å². The summed E-state index contributed by atoms with van der Waals surface area (Å²) in [5, 5.41) is 22.6. The topological polar surface area (TPSA) is 74.6 Å². The maximum atomic E-state index is 10.5. The number of hydrogen-bond donors (Lipinski definition) is 2. The first-order valence-electron chi connectivity index (χ1n) is 12.1. The molecule has 0 atom stereocenters. The molecule has 0 aromatic heterocycles. The van der Waals surface area contributed by atoms with Crippen LogP contribution in [-0.2, 0) is 11.8 Å². The molecule has 182 valence electrons. The Balaban J connectivity index is 0.000000214. The summed E-state index contributed by atoms with van der Waals surface area (Å²) < 4.78 is 0. The molecule has 4 aromatic carbocycles. The molecule has 0 unspecified atom stereocenters. The first kappa shape index (κ1) is 24.9. The number of fused-ring (bicyclic) bond motifs is 5. The second-order valence-corrected chi connectivity index (χ2v) is 9.25. The van der Waals surface area contributed by atoms with Gasteiger partial charge in [0.2, 0.25) is 0 Å².